The molecule has 0 aliphatic heterocycles. The normalized spacial score (nSPS) is 10.4. The van der Waals surface area contributed by atoms with Crippen molar-refractivity contribution in [2.24, 2.45) is 0 Å². The van der Waals surface area contributed by atoms with Crippen molar-refractivity contribution in [3.05, 3.63) is 39.4 Å². The number of aromatic hydroxyl groups is 1. The van der Waals surface area contributed by atoms with Crippen LogP contribution < -0.4 is 5.32 Å². The van der Waals surface area contributed by atoms with Gasteiger partial charge in [0.05, 0.1) is 10.5 Å². The number of hydrogen-bond donors (Lipinski definition) is 2. The van der Waals surface area contributed by atoms with Crippen molar-refractivity contribution in [1.82, 2.24) is 5.32 Å². The fourth-order valence-electron chi connectivity index (χ4n) is 1.39. The van der Waals surface area contributed by atoms with Gasteiger partial charge in [0, 0.05) is 19.5 Å². The first kappa shape index (κ1) is 14.4. The van der Waals surface area contributed by atoms with E-state index < -0.39 is 16.4 Å². The minimum atomic E-state index is -0.770. The third-order valence-corrected chi connectivity index (χ3v) is 2.24. The molecule has 0 unspecified atom stereocenters. The third kappa shape index (κ3) is 3.91. The second kappa shape index (κ2) is 6.29. The molecule has 0 heterocycles. The second-order valence-corrected chi connectivity index (χ2v) is 3.69. The number of nitrogens with zero attached hydrogens (tertiary/aromatic N) is 1. The molecule has 2 N–H and O–H groups in total. The molecule has 0 aromatic heterocycles. The number of aldehydes is 1. The summed E-state index contributed by atoms with van der Waals surface area (Å²) >= 11 is 0. The summed E-state index contributed by atoms with van der Waals surface area (Å²) in [7, 11) is 0. The molecule has 7 heteroatoms. The molecule has 0 radical (unpaired) electrons. The van der Waals surface area contributed by atoms with Gasteiger partial charge in [0.15, 0.2) is 6.29 Å². The summed E-state index contributed by atoms with van der Waals surface area (Å²) in [5, 5.41) is 22.7. The molecule has 0 saturated carbocycles. The van der Waals surface area contributed by atoms with Crippen LogP contribution in [0.4, 0.5) is 5.69 Å². The van der Waals surface area contributed by atoms with Gasteiger partial charge in [-0.2, -0.15) is 0 Å². The quantitative estimate of drug-likeness (QED) is 0.472. The van der Waals surface area contributed by atoms with Crippen molar-refractivity contribution in [2.75, 3.05) is 6.54 Å². The highest BCUT2D eigenvalue weighted by molar-refractivity contribution is 5.83. The summed E-state index contributed by atoms with van der Waals surface area (Å²) in [6, 6.07) is 2.46. The van der Waals surface area contributed by atoms with E-state index in [4.69, 9.17) is 0 Å². The zero-order chi connectivity index (χ0) is 14.4. The molecule has 0 fully saturated rings. The Balaban J connectivity index is 3.02. The van der Waals surface area contributed by atoms with Crippen LogP contribution in [0, 0.1) is 10.1 Å². The Morgan fingerprint density at radius 1 is 1.53 bits per heavy atom. The molecule has 1 rings (SSSR count). The molecular formula is C12H12N2O5. The SMILES string of the molecule is CC(=O)NCC=Cc1cc(C=O)c(O)c([N+](=O)[O-])c1. The van der Waals surface area contributed by atoms with Gasteiger partial charge in [0.1, 0.15) is 0 Å². The summed E-state index contributed by atoms with van der Waals surface area (Å²) in [4.78, 5) is 31.3. The molecule has 0 saturated heterocycles. The molecule has 7 nitrogen and oxygen atoms in total. The molecule has 19 heavy (non-hydrogen) atoms. The van der Waals surface area contributed by atoms with Crippen LogP contribution in [0.15, 0.2) is 18.2 Å². The van der Waals surface area contributed by atoms with E-state index in [-0.39, 0.29) is 18.0 Å². The number of phenols is 1. The number of hydrogen-bond acceptors (Lipinski definition) is 5. The fourth-order valence-corrected chi connectivity index (χ4v) is 1.39. The van der Waals surface area contributed by atoms with Crippen molar-refractivity contribution in [1.29, 1.82) is 0 Å². The number of carbonyl (C=O) groups excluding carboxylic acids is 2. The predicted octanol–water partition coefficient (Wildman–Crippen LogP) is 1.26. The smallest absolute Gasteiger partial charge is 0.312 e. The van der Waals surface area contributed by atoms with E-state index in [2.05, 4.69) is 5.32 Å². The predicted molar refractivity (Wildman–Crippen MR) is 67.9 cm³/mol. The molecule has 1 amide bonds. The molecule has 0 aliphatic rings. The Bertz CT molecular complexity index is 551. The Morgan fingerprint density at radius 2 is 2.21 bits per heavy atom. The molecule has 1 aromatic rings. The van der Waals surface area contributed by atoms with Crippen LogP contribution in [0.3, 0.4) is 0 Å². The van der Waals surface area contributed by atoms with E-state index in [0.29, 0.717) is 11.8 Å². The molecule has 0 aliphatic carbocycles. The van der Waals surface area contributed by atoms with E-state index >= 15 is 0 Å². The Kier molecular flexibility index (Phi) is 4.76. The van der Waals surface area contributed by atoms with E-state index in [1.165, 1.54) is 19.1 Å². The van der Waals surface area contributed by atoms with Gasteiger partial charge in [0.2, 0.25) is 11.7 Å². The van der Waals surface area contributed by atoms with Gasteiger partial charge in [-0.05, 0) is 11.6 Å². The molecule has 0 spiro atoms. The molecular weight excluding hydrogens is 252 g/mol. The highest BCUT2D eigenvalue weighted by atomic mass is 16.6. The lowest BCUT2D eigenvalue weighted by atomic mass is 10.1. The topological polar surface area (TPSA) is 110 Å². The summed E-state index contributed by atoms with van der Waals surface area (Å²) in [6.07, 6.45) is 3.43. The summed E-state index contributed by atoms with van der Waals surface area (Å²) < 4.78 is 0. The highest BCUT2D eigenvalue weighted by Gasteiger charge is 2.17. The van der Waals surface area contributed by atoms with Crippen LogP contribution in [0.1, 0.15) is 22.8 Å². The standard InChI is InChI=1S/C12H12N2O5/c1-8(16)13-4-2-3-9-5-10(7-15)12(17)11(6-9)14(18)19/h2-3,5-7,17H,4H2,1H3,(H,13,16). The van der Waals surface area contributed by atoms with Crippen LogP contribution in [0.2, 0.25) is 0 Å². The zero-order valence-electron chi connectivity index (χ0n) is 10.1. The summed E-state index contributed by atoms with van der Waals surface area (Å²) in [6.45, 7) is 1.63. The number of benzene rings is 1. The van der Waals surface area contributed by atoms with Gasteiger partial charge >= 0.3 is 5.69 Å². The lowest BCUT2D eigenvalue weighted by Crippen LogP contribution is -2.19. The largest absolute Gasteiger partial charge is 0.502 e. The monoisotopic (exact) mass is 264 g/mol. The fraction of sp³-hybridized carbons (Fsp3) is 0.167. The molecule has 100 valence electrons. The number of rotatable bonds is 5. The van der Waals surface area contributed by atoms with Crippen LogP contribution in [-0.4, -0.2) is 28.8 Å². The Hall–Kier alpha value is -2.70. The average Bonchev–Trinajstić information content (AvgIpc) is 2.35. The molecule has 1 aromatic carbocycles. The number of carbonyl (C=O) groups is 2. The van der Waals surface area contributed by atoms with Gasteiger partial charge in [0.25, 0.3) is 0 Å². The zero-order valence-corrected chi connectivity index (χ0v) is 10.1. The lowest BCUT2D eigenvalue weighted by molar-refractivity contribution is -0.385. The third-order valence-electron chi connectivity index (χ3n) is 2.24. The first-order valence-corrected chi connectivity index (χ1v) is 5.33. The highest BCUT2D eigenvalue weighted by Crippen LogP contribution is 2.30. The van der Waals surface area contributed by atoms with Gasteiger partial charge in [-0.1, -0.05) is 12.2 Å². The minimum absolute atomic E-state index is 0.159. The number of nitrogens with one attached hydrogen (secondary N) is 1. The molecule has 0 atom stereocenters. The first-order valence-electron chi connectivity index (χ1n) is 5.33. The first-order chi connectivity index (χ1) is 8.95. The van der Waals surface area contributed by atoms with Crippen molar-refractivity contribution >= 4 is 24.0 Å². The Morgan fingerprint density at radius 3 is 2.74 bits per heavy atom. The van der Waals surface area contributed by atoms with Crippen molar-refractivity contribution in [2.45, 2.75) is 6.92 Å². The van der Waals surface area contributed by atoms with Gasteiger partial charge < -0.3 is 10.4 Å². The van der Waals surface area contributed by atoms with Crippen molar-refractivity contribution in [3.8, 4) is 5.75 Å². The summed E-state index contributed by atoms with van der Waals surface area (Å²) in [5.74, 6) is -0.853. The number of nitro benzene ring substituents is 1. The van der Waals surface area contributed by atoms with Crippen LogP contribution >= 0.6 is 0 Å². The minimum Gasteiger partial charge on any atom is -0.502 e. The van der Waals surface area contributed by atoms with Crippen molar-refractivity contribution in [3.63, 3.8) is 0 Å². The van der Waals surface area contributed by atoms with Gasteiger partial charge in [-0.15, -0.1) is 0 Å². The number of amides is 1. The summed E-state index contributed by atoms with van der Waals surface area (Å²) in [5.41, 5.74) is -0.311. The van der Waals surface area contributed by atoms with Gasteiger partial charge in [-0.3, -0.25) is 19.7 Å². The van der Waals surface area contributed by atoms with E-state index in [1.54, 1.807) is 6.08 Å². The number of nitro groups is 1. The maximum atomic E-state index is 10.7. The average molecular weight is 264 g/mol. The maximum absolute atomic E-state index is 10.7. The van der Waals surface area contributed by atoms with Crippen LogP contribution in [-0.2, 0) is 4.79 Å². The second-order valence-electron chi connectivity index (χ2n) is 3.69. The van der Waals surface area contributed by atoms with Crippen LogP contribution in [0.5, 0.6) is 5.75 Å². The van der Waals surface area contributed by atoms with Gasteiger partial charge in [-0.25, -0.2) is 0 Å². The lowest BCUT2D eigenvalue weighted by Gasteiger charge is -2.01. The van der Waals surface area contributed by atoms with E-state index in [0.717, 1.165) is 6.07 Å². The van der Waals surface area contributed by atoms with Crippen LogP contribution in [0.25, 0.3) is 6.08 Å². The molecule has 0 bridgehead atoms. The Labute approximate surface area is 108 Å². The van der Waals surface area contributed by atoms with E-state index in [9.17, 15) is 24.8 Å². The number of phenolic OH excluding ortho intramolecular Hbond substituents is 1. The maximum Gasteiger partial charge on any atom is 0.312 e. The van der Waals surface area contributed by atoms with E-state index in [1.807, 2.05) is 0 Å². The van der Waals surface area contributed by atoms with Crippen molar-refractivity contribution < 1.29 is 19.6 Å².